The summed E-state index contributed by atoms with van der Waals surface area (Å²) >= 11 is 0. The molecule has 2 aromatic carbocycles. The zero-order chi connectivity index (χ0) is 17.4. The van der Waals surface area contributed by atoms with Crippen molar-refractivity contribution in [2.24, 2.45) is 0 Å². The van der Waals surface area contributed by atoms with Crippen molar-refractivity contribution >= 4 is 12.0 Å². The number of hydrogen-bond donors (Lipinski definition) is 2. The van der Waals surface area contributed by atoms with Gasteiger partial charge in [0.15, 0.2) is 0 Å². The van der Waals surface area contributed by atoms with Gasteiger partial charge in [0, 0.05) is 6.42 Å². The number of rotatable bonds is 6. The Hall–Kier alpha value is -2.82. The number of carbonyl (C=O) groups excluding carboxylic acids is 2. The highest BCUT2D eigenvalue weighted by atomic mass is 16.5. The highest BCUT2D eigenvalue weighted by Gasteiger charge is 2.22. The van der Waals surface area contributed by atoms with E-state index >= 15 is 0 Å². The molecule has 2 amide bonds. The van der Waals surface area contributed by atoms with Crippen molar-refractivity contribution in [3.63, 3.8) is 0 Å². The largest absolute Gasteiger partial charge is 0.467 e. The molecule has 2 aromatic rings. The zero-order valence-electron chi connectivity index (χ0n) is 13.9. The van der Waals surface area contributed by atoms with Gasteiger partial charge >= 0.3 is 12.0 Å². The van der Waals surface area contributed by atoms with Crippen LogP contribution in [-0.4, -0.2) is 25.2 Å². The summed E-state index contributed by atoms with van der Waals surface area (Å²) in [5, 5.41) is 5.53. The van der Waals surface area contributed by atoms with E-state index in [-0.39, 0.29) is 6.04 Å². The predicted molar refractivity (Wildman–Crippen MR) is 92.5 cm³/mol. The third kappa shape index (κ3) is 5.12. The summed E-state index contributed by atoms with van der Waals surface area (Å²) in [5.74, 6) is -0.471. The number of ether oxygens (including phenoxy) is 1. The number of urea groups is 1. The summed E-state index contributed by atoms with van der Waals surface area (Å²) in [4.78, 5) is 24.2. The zero-order valence-corrected chi connectivity index (χ0v) is 13.9. The fourth-order valence-corrected chi connectivity index (χ4v) is 2.41. The molecule has 2 unspecified atom stereocenters. The molecule has 5 nitrogen and oxygen atoms in total. The first kappa shape index (κ1) is 17.5. The molecule has 0 aliphatic heterocycles. The van der Waals surface area contributed by atoms with Gasteiger partial charge in [-0.25, -0.2) is 9.59 Å². The number of benzene rings is 2. The maximum atomic E-state index is 12.2. The van der Waals surface area contributed by atoms with E-state index in [1.54, 1.807) is 0 Å². The Balaban J connectivity index is 1.98. The lowest BCUT2D eigenvalue weighted by molar-refractivity contribution is -0.142. The first-order valence-electron chi connectivity index (χ1n) is 7.84. The van der Waals surface area contributed by atoms with Gasteiger partial charge < -0.3 is 15.4 Å². The van der Waals surface area contributed by atoms with Crippen LogP contribution in [0, 0.1) is 0 Å². The van der Waals surface area contributed by atoms with E-state index in [0.29, 0.717) is 6.42 Å². The maximum Gasteiger partial charge on any atom is 0.328 e. The van der Waals surface area contributed by atoms with E-state index in [1.807, 2.05) is 67.6 Å². The molecule has 0 aliphatic carbocycles. The van der Waals surface area contributed by atoms with Crippen LogP contribution >= 0.6 is 0 Å². The topological polar surface area (TPSA) is 67.4 Å². The van der Waals surface area contributed by atoms with E-state index < -0.39 is 18.0 Å². The Morgan fingerprint density at radius 2 is 1.54 bits per heavy atom. The van der Waals surface area contributed by atoms with Crippen molar-refractivity contribution in [3.8, 4) is 0 Å². The average molecular weight is 326 g/mol. The monoisotopic (exact) mass is 326 g/mol. The molecule has 0 radical (unpaired) electrons. The third-order valence-corrected chi connectivity index (χ3v) is 3.72. The molecular formula is C19H22N2O3. The quantitative estimate of drug-likeness (QED) is 0.802. The Bertz CT molecular complexity index is 659. The summed E-state index contributed by atoms with van der Waals surface area (Å²) in [6.45, 7) is 1.89. The number of methoxy groups -OCH3 is 1. The van der Waals surface area contributed by atoms with Crippen LogP contribution in [0.1, 0.15) is 24.1 Å². The van der Waals surface area contributed by atoms with Gasteiger partial charge in [0.25, 0.3) is 0 Å². The van der Waals surface area contributed by atoms with Crippen LogP contribution in [0.5, 0.6) is 0 Å². The van der Waals surface area contributed by atoms with Gasteiger partial charge in [-0.2, -0.15) is 0 Å². The minimum atomic E-state index is -0.736. The number of nitrogens with one attached hydrogen (secondary N) is 2. The Kier molecular flexibility index (Phi) is 6.37. The molecule has 0 spiro atoms. The second-order valence-corrected chi connectivity index (χ2v) is 5.52. The Morgan fingerprint density at radius 1 is 0.958 bits per heavy atom. The van der Waals surface area contributed by atoms with Crippen molar-refractivity contribution in [2.45, 2.75) is 25.4 Å². The molecule has 0 aliphatic rings. The lowest BCUT2D eigenvalue weighted by atomic mass is 10.1. The van der Waals surface area contributed by atoms with Crippen molar-refractivity contribution in [1.29, 1.82) is 0 Å². The van der Waals surface area contributed by atoms with E-state index in [2.05, 4.69) is 10.6 Å². The number of esters is 1. The van der Waals surface area contributed by atoms with Crippen molar-refractivity contribution in [1.82, 2.24) is 10.6 Å². The van der Waals surface area contributed by atoms with Crippen LogP contribution in [0.3, 0.4) is 0 Å². The number of hydrogen-bond acceptors (Lipinski definition) is 3. The normalized spacial score (nSPS) is 12.8. The number of carbonyl (C=O) groups is 2. The SMILES string of the molecule is COC(=O)C(Cc1ccccc1)NC(=O)NC(C)c1ccccc1. The van der Waals surface area contributed by atoms with E-state index in [1.165, 1.54) is 7.11 Å². The van der Waals surface area contributed by atoms with Gasteiger partial charge in [-0.3, -0.25) is 0 Å². The molecule has 0 aromatic heterocycles. The molecule has 24 heavy (non-hydrogen) atoms. The van der Waals surface area contributed by atoms with Crippen molar-refractivity contribution < 1.29 is 14.3 Å². The first-order valence-corrected chi connectivity index (χ1v) is 7.84. The molecular weight excluding hydrogens is 304 g/mol. The average Bonchev–Trinajstić information content (AvgIpc) is 2.62. The van der Waals surface area contributed by atoms with Crippen LogP contribution in [0.25, 0.3) is 0 Å². The lowest BCUT2D eigenvalue weighted by Crippen LogP contribution is -2.48. The third-order valence-electron chi connectivity index (χ3n) is 3.72. The lowest BCUT2D eigenvalue weighted by Gasteiger charge is -2.20. The molecule has 0 heterocycles. The van der Waals surface area contributed by atoms with Gasteiger partial charge in [0.05, 0.1) is 13.2 Å². The number of amides is 2. The second-order valence-electron chi connectivity index (χ2n) is 5.52. The van der Waals surface area contributed by atoms with E-state index in [4.69, 9.17) is 4.74 Å². The summed E-state index contributed by atoms with van der Waals surface area (Å²) in [6.07, 6.45) is 0.376. The van der Waals surface area contributed by atoms with Crippen LogP contribution in [0.15, 0.2) is 60.7 Å². The minimum Gasteiger partial charge on any atom is -0.467 e. The summed E-state index contributed by atoms with van der Waals surface area (Å²) in [5.41, 5.74) is 1.94. The Morgan fingerprint density at radius 3 is 2.12 bits per heavy atom. The van der Waals surface area contributed by atoms with Gasteiger partial charge in [0.2, 0.25) is 0 Å². The van der Waals surface area contributed by atoms with E-state index in [0.717, 1.165) is 11.1 Å². The molecule has 126 valence electrons. The van der Waals surface area contributed by atoms with Crippen LogP contribution in [0.2, 0.25) is 0 Å². The molecule has 2 atom stereocenters. The minimum absolute atomic E-state index is 0.166. The standard InChI is InChI=1S/C19H22N2O3/c1-14(16-11-7-4-8-12-16)20-19(23)21-17(18(22)24-2)13-15-9-5-3-6-10-15/h3-12,14,17H,13H2,1-2H3,(H2,20,21,23). The summed E-state index contributed by atoms with van der Waals surface area (Å²) in [7, 11) is 1.31. The van der Waals surface area contributed by atoms with Crippen LogP contribution < -0.4 is 10.6 Å². The molecule has 2 N–H and O–H groups in total. The molecule has 0 saturated heterocycles. The summed E-state index contributed by atoms with van der Waals surface area (Å²) in [6, 6.07) is 17.8. The molecule has 0 fully saturated rings. The van der Waals surface area contributed by atoms with Crippen molar-refractivity contribution in [2.75, 3.05) is 7.11 Å². The van der Waals surface area contributed by atoms with Gasteiger partial charge in [-0.1, -0.05) is 60.7 Å². The van der Waals surface area contributed by atoms with Gasteiger partial charge in [-0.05, 0) is 18.1 Å². The smallest absolute Gasteiger partial charge is 0.328 e. The fourth-order valence-electron chi connectivity index (χ4n) is 2.41. The first-order chi connectivity index (χ1) is 11.6. The molecule has 2 rings (SSSR count). The summed E-state index contributed by atoms with van der Waals surface area (Å²) < 4.78 is 4.79. The van der Waals surface area contributed by atoms with Gasteiger partial charge in [0.1, 0.15) is 6.04 Å². The highest BCUT2D eigenvalue weighted by Crippen LogP contribution is 2.11. The van der Waals surface area contributed by atoms with E-state index in [9.17, 15) is 9.59 Å². The van der Waals surface area contributed by atoms with Crippen LogP contribution in [0.4, 0.5) is 4.79 Å². The highest BCUT2D eigenvalue weighted by molar-refractivity contribution is 5.84. The predicted octanol–water partition coefficient (Wildman–Crippen LogP) is 2.83. The van der Waals surface area contributed by atoms with Crippen LogP contribution in [-0.2, 0) is 16.0 Å². The molecule has 0 bridgehead atoms. The fraction of sp³-hybridized carbons (Fsp3) is 0.263. The van der Waals surface area contributed by atoms with Crippen molar-refractivity contribution in [3.05, 3.63) is 71.8 Å². The van der Waals surface area contributed by atoms with Gasteiger partial charge in [-0.15, -0.1) is 0 Å². The molecule has 5 heteroatoms. The molecule has 0 saturated carbocycles. The second kappa shape index (κ2) is 8.72. The maximum absolute atomic E-state index is 12.2. The Labute approximate surface area is 142 Å².